The van der Waals surface area contributed by atoms with E-state index in [2.05, 4.69) is 66.8 Å². The van der Waals surface area contributed by atoms with Gasteiger partial charge in [0.1, 0.15) is 17.9 Å². The number of amides is 1. The Morgan fingerprint density at radius 1 is 0.902 bits per heavy atom. The fourth-order valence-corrected chi connectivity index (χ4v) is 5.90. The molecular formula is C34H42N3O4+. The Labute approximate surface area is 242 Å². The quantitative estimate of drug-likeness (QED) is 0.142. The van der Waals surface area contributed by atoms with Crippen molar-refractivity contribution in [2.75, 3.05) is 13.1 Å². The number of pyridine rings is 1. The van der Waals surface area contributed by atoms with Gasteiger partial charge in [-0.2, -0.15) is 4.58 Å². The zero-order valence-electron chi connectivity index (χ0n) is 25.2. The fourth-order valence-electron chi connectivity index (χ4n) is 5.90. The standard InChI is InChI=1S/C34H41N3O4/c1-7-12-30(38)27-19-24(20-28(36-27)33(41)35-8-2)23-14-15-25-26(18-23)21(3)17-29-32(25)34(5,6)22(4)37(29)16-11-9-10-13-31(39)40/h14-15,17-20H,7-13,16H2,1-6H3,(H-,35,39,40,41)/p+1. The van der Waals surface area contributed by atoms with Crippen LogP contribution in [-0.4, -0.2) is 51.1 Å². The van der Waals surface area contributed by atoms with Crippen molar-refractivity contribution >= 4 is 39.8 Å². The topological polar surface area (TPSA) is 99.4 Å². The van der Waals surface area contributed by atoms with Crippen molar-refractivity contribution in [2.24, 2.45) is 0 Å². The number of aryl methyl sites for hydroxylation is 1. The molecule has 0 saturated heterocycles. The van der Waals surface area contributed by atoms with Gasteiger partial charge in [0.05, 0.1) is 5.41 Å². The molecule has 0 unspecified atom stereocenters. The average Bonchev–Trinajstić information content (AvgIpc) is 3.12. The molecule has 216 valence electrons. The predicted octanol–water partition coefficient (Wildman–Crippen LogP) is 6.98. The van der Waals surface area contributed by atoms with E-state index in [0.29, 0.717) is 31.5 Å². The monoisotopic (exact) mass is 556 g/mol. The number of nitrogens with zero attached hydrogens (tertiary/aromatic N) is 2. The Morgan fingerprint density at radius 3 is 2.32 bits per heavy atom. The van der Waals surface area contributed by atoms with Gasteiger partial charge in [0.25, 0.3) is 5.91 Å². The molecule has 0 fully saturated rings. The summed E-state index contributed by atoms with van der Waals surface area (Å²) in [4.78, 5) is 40.8. The number of nitrogens with one attached hydrogen (secondary N) is 1. The Hall–Kier alpha value is -3.87. The molecule has 2 heterocycles. The van der Waals surface area contributed by atoms with Crippen molar-refractivity contribution in [3.05, 3.63) is 58.9 Å². The second kappa shape index (κ2) is 12.3. The smallest absolute Gasteiger partial charge is 0.303 e. The minimum atomic E-state index is -0.738. The first-order valence-corrected chi connectivity index (χ1v) is 14.7. The molecule has 41 heavy (non-hydrogen) atoms. The third-order valence-electron chi connectivity index (χ3n) is 8.31. The molecule has 7 heteroatoms. The first-order chi connectivity index (χ1) is 19.5. The maximum absolute atomic E-state index is 12.8. The van der Waals surface area contributed by atoms with Crippen molar-refractivity contribution in [3.8, 4) is 11.1 Å². The lowest BCUT2D eigenvalue weighted by Gasteiger charge is -2.19. The lowest BCUT2D eigenvalue weighted by Crippen LogP contribution is -2.27. The van der Waals surface area contributed by atoms with E-state index in [1.807, 2.05) is 13.8 Å². The van der Waals surface area contributed by atoms with Crippen LogP contribution in [0.25, 0.3) is 21.9 Å². The molecule has 1 aliphatic heterocycles. The van der Waals surface area contributed by atoms with Crippen molar-refractivity contribution in [1.82, 2.24) is 10.3 Å². The minimum Gasteiger partial charge on any atom is -0.481 e. The van der Waals surface area contributed by atoms with Gasteiger partial charge in [-0.25, -0.2) is 4.98 Å². The number of rotatable bonds is 12. The number of fused-ring (bicyclic) bond motifs is 3. The molecule has 1 amide bonds. The summed E-state index contributed by atoms with van der Waals surface area (Å²) in [5.74, 6) is -1.09. The van der Waals surface area contributed by atoms with Gasteiger partial charge in [0.15, 0.2) is 11.5 Å². The molecule has 3 aromatic rings. The summed E-state index contributed by atoms with van der Waals surface area (Å²) in [5.41, 5.74) is 7.11. The maximum atomic E-state index is 12.8. The van der Waals surface area contributed by atoms with Crippen molar-refractivity contribution < 1.29 is 24.1 Å². The van der Waals surface area contributed by atoms with Crippen LogP contribution in [0.4, 0.5) is 5.69 Å². The molecule has 0 aliphatic carbocycles. The van der Waals surface area contributed by atoms with Gasteiger partial charge >= 0.3 is 5.97 Å². The minimum absolute atomic E-state index is 0.0644. The molecule has 1 aromatic heterocycles. The van der Waals surface area contributed by atoms with E-state index < -0.39 is 5.97 Å². The highest BCUT2D eigenvalue weighted by Crippen LogP contribution is 2.45. The Morgan fingerprint density at radius 2 is 1.63 bits per heavy atom. The van der Waals surface area contributed by atoms with Gasteiger partial charge in [0.2, 0.25) is 5.69 Å². The Balaban J connectivity index is 1.76. The summed E-state index contributed by atoms with van der Waals surface area (Å²) in [6, 6.07) is 12.2. The number of carbonyl (C=O) groups excluding carboxylic acids is 2. The molecule has 0 atom stereocenters. The summed E-state index contributed by atoms with van der Waals surface area (Å²) < 4.78 is 2.41. The van der Waals surface area contributed by atoms with Gasteiger partial charge in [-0.05, 0) is 92.6 Å². The van der Waals surface area contributed by atoms with Gasteiger partial charge in [-0.1, -0.05) is 19.1 Å². The van der Waals surface area contributed by atoms with Crippen LogP contribution in [0.5, 0.6) is 0 Å². The number of ketones is 1. The summed E-state index contributed by atoms with van der Waals surface area (Å²) in [5, 5.41) is 14.1. The van der Waals surface area contributed by atoms with Crippen LogP contribution in [0.1, 0.15) is 105 Å². The number of carboxylic acids is 1. The Kier molecular flexibility index (Phi) is 9.05. The normalized spacial score (nSPS) is 13.9. The summed E-state index contributed by atoms with van der Waals surface area (Å²) in [6.45, 7) is 14.0. The number of hydrogen-bond acceptors (Lipinski definition) is 4. The van der Waals surface area contributed by atoms with Crippen molar-refractivity contribution in [3.63, 3.8) is 0 Å². The molecule has 0 bridgehead atoms. The molecule has 0 radical (unpaired) electrons. The van der Waals surface area contributed by atoms with Gasteiger partial charge in [-0.3, -0.25) is 14.4 Å². The Bertz CT molecular complexity index is 1520. The van der Waals surface area contributed by atoms with Gasteiger partial charge in [-0.15, -0.1) is 0 Å². The SMILES string of the molecule is CCCC(=O)c1cc(-c2ccc3c4c(cc(C)c3c2)[N+](CCCCCC(=O)O)=C(C)C4(C)C)cc(C(=O)NCC)n1. The van der Waals surface area contributed by atoms with Crippen LogP contribution in [-0.2, 0) is 10.2 Å². The summed E-state index contributed by atoms with van der Waals surface area (Å²) in [7, 11) is 0. The zero-order valence-corrected chi connectivity index (χ0v) is 25.2. The third-order valence-corrected chi connectivity index (χ3v) is 8.31. The van der Waals surface area contributed by atoms with E-state index in [9.17, 15) is 14.4 Å². The molecular weight excluding hydrogens is 514 g/mol. The fraction of sp³-hybridized carbons (Fsp3) is 0.441. The molecule has 1 aliphatic rings. The molecule has 2 N–H and O–H groups in total. The number of carboxylic acid groups (broad SMARTS) is 1. The number of hydrogen-bond donors (Lipinski definition) is 2. The second-order valence-electron chi connectivity index (χ2n) is 11.6. The van der Waals surface area contributed by atoms with E-state index >= 15 is 0 Å². The van der Waals surface area contributed by atoms with E-state index in [-0.39, 0.29) is 29.2 Å². The highest BCUT2D eigenvalue weighted by molar-refractivity contribution is 6.04. The highest BCUT2D eigenvalue weighted by atomic mass is 16.4. The number of Topliss-reactive ketones (excluding diaryl/α,β-unsaturated/α-hetero) is 1. The third kappa shape index (κ3) is 6.09. The first-order valence-electron chi connectivity index (χ1n) is 14.7. The van der Waals surface area contributed by atoms with E-state index in [1.165, 1.54) is 22.3 Å². The van der Waals surface area contributed by atoms with E-state index in [1.54, 1.807) is 12.1 Å². The van der Waals surface area contributed by atoms with E-state index in [0.717, 1.165) is 41.5 Å². The summed E-state index contributed by atoms with van der Waals surface area (Å²) >= 11 is 0. The molecule has 0 saturated carbocycles. The van der Waals surface area contributed by atoms with Crippen LogP contribution in [0.15, 0.2) is 36.4 Å². The zero-order chi connectivity index (χ0) is 29.9. The summed E-state index contributed by atoms with van der Waals surface area (Å²) in [6.07, 6.45) is 3.83. The van der Waals surface area contributed by atoms with Crippen LogP contribution in [0.2, 0.25) is 0 Å². The largest absolute Gasteiger partial charge is 0.481 e. The number of aromatic nitrogens is 1. The van der Waals surface area contributed by atoms with Crippen LogP contribution < -0.4 is 5.32 Å². The van der Waals surface area contributed by atoms with E-state index in [4.69, 9.17) is 5.11 Å². The first kappa shape index (κ1) is 30.1. The lowest BCUT2D eigenvalue weighted by atomic mass is 9.79. The molecule has 0 spiro atoms. The molecule has 7 nitrogen and oxygen atoms in total. The van der Waals surface area contributed by atoms with Crippen LogP contribution in [0, 0.1) is 6.92 Å². The average molecular weight is 557 g/mol. The number of benzene rings is 2. The number of carbonyl (C=O) groups is 3. The second-order valence-corrected chi connectivity index (χ2v) is 11.6. The number of aliphatic carboxylic acids is 1. The highest BCUT2D eigenvalue weighted by Gasteiger charge is 2.44. The van der Waals surface area contributed by atoms with Crippen molar-refractivity contribution in [2.45, 2.75) is 85.5 Å². The molecule has 2 aromatic carbocycles. The van der Waals surface area contributed by atoms with Crippen LogP contribution in [0.3, 0.4) is 0 Å². The number of unbranched alkanes of at least 4 members (excludes halogenated alkanes) is 2. The predicted molar refractivity (Wildman–Crippen MR) is 164 cm³/mol. The lowest BCUT2D eigenvalue weighted by molar-refractivity contribution is -0.439. The molecule has 4 rings (SSSR count). The maximum Gasteiger partial charge on any atom is 0.303 e. The van der Waals surface area contributed by atoms with Crippen LogP contribution >= 0.6 is 0 Å². The van der Waals surface area contributed by atoms with Gasteiger partial charge < -0.3 is 10.4 Å². The van der Waals surface area contributed by atoms with Crippen molar-refractivity contribution in [1.29, 1.82) is 0 Å². The van der Waals surface area contributed by atoms with Gasteiger partial charge in [0, 0.05) is 44.4 Å².